The molecule has 2 aliphatic heterocycles. The first kappa shape index (κ1) is 21.3. The fourth-order valence-electron chi connectivity index (χ4n) is 5.43. The maximum atomic E-state index is 13.4. The van der Waals surface area contributed by atoms with Gasteiger partial charge in [0.1, 0.15) is 0 Å². The van der Waals surface area contributed by atoms with Crippen molar-refractivity contribution in [3.05, 3.63) is 59.7 Å². The molecule has 32 heavy (non-hydrogen) atoms. The maximum absolute atomic E-state index is 13.4. The number of ether oxygens (including phenoxy) is 1. The van der Waals surface area contributed by atoms with Crippen molar-refractivity contribution in [1.82, 2.24) is 4.31 Å². The summed E-state index contributed by atoms with van der Waals surface area (Å²) in [6.07, 6.45) is 9.22. The number of hydrogen-bond acceptors (Lipinski definition) is 5. The van der Waals surface area contributed by atoms with Gasteiger partial charge in [-0.3, -0.25) is 0 Å². The summed E-state index contributed by atoms with van der Waals surface area (Å²) < 4.78 is 33.7. The predicted molar refractivity (Wildman–Crippen MR) is 125 cm³/mol. The predicted octanol–water partition coefficient (Wildman–Crippen LogP) is 4.79. The third-order valence-electron chi connectivity index (χ3n) is 7.12. The minimum absolute atomic E-state index is 0.0920. The fourth-order valence-corrected chi connectivity index (χ4v) is 6.98. The van der Waals surface area contributed by atoms with Crippen LogP contribution in [-0.4, -0.2) is 38.0 Å². The molecule has 2 N–H and O–H groups in total. The molecule has 0 aromatic heterocycles. The van der Waals surface area contributed by atoms with Gasteiger partial charge in [-0.2, -0.15) is 4.31 Å². The zero-order valence-electron chi connectivity index (χ0n) is 18.3. The molecule has 170 valence electrons. The minimum Gasteiger partial charge on any atom is -0.504 e. The number of para-hydroxylation sites is 1. The standard InChI is InChI=1S/C25H30N2O4S/c1-31-23-11-7-10-20(25(23)28)24-19-9-6-8-18(19)21-16-17(12-13-22(21)26-24)32(29,30)27-14-4-2-3-5-15-27/h6-8,10-13,16,18-19,24,26,28H,2-5,9,14-15H2,1H3. The number of nitrogens with zero attached hydrogens (tertiary/aromatic N) is 1. The van der Waals surface area contributed by atoms with Gasteiger partial charge in [-0.05, 0) is 55.0 Å². The molecule has 7 heteroatoms. The molecule has 0 spiro atoms. The van der Waals surface area contributed by atoms with E-state index in [4.69, 9.17) is 4.74 Å². The van der Waals surface area contributed by atoms with E-state index in [2.05, 4.69) is 17.5 Å². The first-order valence-electron chi connectivity index (χ1n) is 11.4. The van der Waals surface area contributed by atoms with E-state index in [-0.39, 0.29) is 23.6 Å². The molecule has 0 amide bonds. The molecule has 3 atom stereocenters. The topological polar surface area (TPSA) is 78.9 Å². The Kier molecular flexibility index (Phi) is 5.63. The number of aromatic hydroxyl groups is 1. The van der Waals surface area contributed by atoms with Crippen molar-refractivity contribution in [3.8, 4) is 11.5 Å². The van der Waals surface area contributed by atoms with Gasteiger partial charge in [-0.25, -0.2) is 8.42 Å². The zero-order chi connectivity index (χ0) is 22.3. The van der Waals surface area contributed by atoms with Crippen molar-refractivity contribution < 1.29 is 18.3 Å². The number of fused-ring (bicyclic) bond motifs is 3. The number of allylic oxidation sites excluding steroid dienone is 2. The Bertz CT molecular complexity index is 1140. The van der Waals surface area contributed by atoms with Crippen LogP contribution in [-0.2, 0) is 10.0 Å². The lowest BCUT2D eigenvalue weighted by molar-refractivity contribution is 0.358. The smallest absolute Gasteiger partial charge is 0.243 e. The van der Waals surface area contributed by atoms with Crippen LogP contribution < -0.4 is 10.1 Å². The highest BCUT2D eigenvalue weighted by atomic mass is 32.2. The van der Waals surface area contributed by atoms with Gasteiger partial charge < -0.3 is 15.2 Å². The molecule has 2 aromatic rings. The summed E-state index contributed by atoms with van der Waals surface area (Å²) in [4.78, 5) is 0.377. The molecule has 2 heterocycles. The van der Waals surface area contributed by atoms with Crippen LogP contribution in [0.2, 0.25) is 0 Å². The van der Waals surface area contributed by atoms with Crippen molar-refractivity contribution in [2.24, 2.45) is 5.92 Å². The molecule has 6 nitrogen and oxygen atoms in total. The molecule has 0 saturated carbocycles. The number of nitrogens with one attached hydrogen (secondary N) is 1. The van der Waals surface area contributed by atoms with Crippen molar-refractivity contribution in [2.75, 3.05) is 25.5 Å². The highest BCUT2D eigenvalue weighted by Gasteiger charge is 2.40. The molecule has 5 rings (SSSR count). The van der Waals surface area contributed by atoms with Gasteiger partial charge in [0.2, 0.25) is 10.0 Å². The highest BCUT2D eigenvalue weighted by Crippen LogP contribution is 2.52. The number of hydrogen-bond donors (Lipinski definition) is 2. The lowest BCUT2D eigenvalue weighted by Gasteiger charge is -2.38. The summed E-state index contributed by atoms with van der Waals surface area (Å²) in [6, 6.07) is 10.9. The second-order valence-electron chi connectivity index (χ2n) is 8.94. The zero-order valence-corrected chi connectivity index (χ0v) is 19.1. The van der Waals surface area contributed by atoms with Crippen LogP contribution in [0.3, 0.4) is 0 Å². The molecule has 1 aliphatic carbocycles. The SMILES string of the molecule is COc1cccc(C2Nc3ccc(S(=O)(=O)N4CCCCCC4)cc3C3C=CCC32)c1O. The molecule has 0 radical (unpaired) electrons. The number of phenols is 1. The second-order valence-corrected chi connectivity index (χ2v) is 10.9. The van der Waals surface area contributed by atoms with Crippen LogP contribution in [0.25, 0.3) is 0 Å². The third-order valence-corrected chi connectivity index (χ3v) is 9.02. The van der Waals surface area contributed by atoms with Crippen LogP contribution >= 0.6 is 0 Å². The minimum atomic E-state index is -3.50. The molecule has 2 aromatic carbocycles. The molecule has 0 bridgehead atoms. The quantitative estimate of drug-likeness (QED) is 0.650. The van der Waals surface area contributed by atoms with E-state index >= 15 is 0 Å². The molecular weight excluding hydrogens is 424 g/mol. The van der Waals surface area contributed by atoms with Crippen molar-refractivity contribution in [3.63, 3.8) is 0 Å². The van der Waals surface area contributed by atoms with Crippen molar-refractivity contribution >= 4 is 15.7 Å². The average molecular weight is 455 g/mol. The third kappa shape index (κ3) is 3.57. The van der Waals surface area contributed by atoms with Gasteiger partial charge in [0, 0.05) is 30.3 Å². The van der Waals surface area contributed by atoms with Gasteiger partial charge in [0.25, 0.3) is 0 Å². The van der Waals surface area contributed by atoms with E-state index in [0.29, 0.717) is 23.7 Å². The van der Waals surface area contributed by atoms with Gasteiger partial charge in [0.05, 0.1) is 18.0 Å². The van der Waals surface area contributed by atoms with E-state index in [0.717, 1.165) is 48.9 Å². The summed E-state index contributed by atoms with van der Waals surface area (Å²) in [6.45, 7) is 1.20. The Morgan fingerprint density at radius 3 is 2.59 bits per heavy atom. The highest BCUT2D eigenvalue weighted by molar-refractivity contribution is 7.89. The van der Waals surface area contributed by atoms with E-state index in [1.807, 2.05) is 24.3 Å². The summed E-state index contributed by atoms with van der Waals surface area (Å²) in [5.74, 6) is 0.899. The van der Waals surface area contributed by atoms with Gasteiger partial charge in [-0.15, -0.1) is 0 Å². The summed E-state index contributed by atoms with van der Waals surface area (Å²) in [7, 11) is -1.95. The molecular formula is C25H30N2O4S. The van der Waals surface area contributed by atoms with E-state index in [1.165, 1.54) is 0 Å². The van der Waals surface area contributed by atoms with Crippen molar-refractivity contribution in [2.45, 2.75) is 49.0 Å². The van der Waals surface area contributed by atoms with Crippen LogP contribution in [0.15, 0.2) is 53.4 Å². The number of benzene rings is 2. The van der Waals surface area contributed by atoms with Crippen LogP contribution in [0, 0.1) is 5.92 Å². The monoisotopic (exact) mass is 454 g/mol. The van der Waals surface area contributed by atoms with Gasteiger partial charge in [0.15, 0.2) is 11.5 Å². The Balaban J connectivity index is 1.51. The number of phenolic OH excluding ortho intramolecular Hbond substituents is 1. The Hall–Kier alpha value is -2.51. The number of methoxy groups -OCH3 is 1. The molecule has 1 saturated heterocycles. The Morgan fingerprint density at radius 2 is 1.84 bits per heavy atom. The summed E-state index contributed by atoms with van der Waals surface area (Å²) >= 11 is 0. The first-order chi connectivity index (χ1) is 15.5. The van der Waals surface area contributed by atoms with E-state index in [1.54, 1.807) is 23.5 Å². The van der Waals surface area contributed by atoms with Crippen LogP contribution in [0.1, 0.15) is 55.2 Å². The second kappa shape index (κ2) is 8.45. The lowest BCUT2D eigenvalue weighted by Crippen LogP contribution is -2.33. The maximum Gasteiger partial charge on any atom is 0.243 e. The number of sulfonamides is 1. The number of anilines is 1. The lowest BCUT2D eigenvalue weighted by atomic mass is 9.77. The average Bonchev–Trinajstić information content (AvgIpc) is 3.13. The van der Waals surface area contributed by atoms with Gasteiger partial charge >= 0.3 is 0 Å². The Morgan fingerprint density at radius 1 is 1.06 bits per heavy atom. The number of rotatable bonds is 4. The molecule has 3 aliphatic rings. The first-order valence-corrected chi connectivity index (χ1v) is 12.9. The summed E-state index contributed by atoms with van der Waals surface area (Å²) in [5.41, 5.74) is 2.73. The van der Waals surface area contributed by atoms with Crippen molar-refractivity contribution in [1.29, 1.82) is 0 Å². The van der Waals surface area contributed by atoms with E-state index < -0.39 is 10.0 Å². The van der Waals surface area contributed by atoms with E-state index in [9.17, 15) is 13.5 Å². The largest absolute Gasteiger partial charge is 0.504 e. The normalized spacial score (nSPS) is 25.5. The van der Waals surface area contributed by atoms with Gasteiger partial charge in [-0.1, -0.05) is 37.1 Å². The molecule has 1 fully saturated rings. The van der Waals surface area contributed by atoms with Crippen LogP contribution in [0.5, 0.6) is 11.5 Å². The summed E-state index contributed by atoms with van der Waals surface area (Å²) in [5, 5.41) is 14.3. The molecule has 3 unspecified atom stereocenters. The Labute approximate surface area is 190 Å². The fraction of sp³-hybridized carbons (Fsp3) is 0.440. The van der Waals surface area contributed by atoms with Crippen LogP contribution in [0.4, 0.5) is 5.69 Å².